The van der Waals surface area contributed by atoms with Crippen molar-refractivity contribution in [3.05, 3.63) is 47.7 Å². The van der Waals surface area contributed by atoms with Crippen LogP contribution in [0.2, 0.25) is 0 Å². The Kier molecular flexibility index (Phi) is 3.82. The van der Waals surface area contributed by atoms with Crippen molar-refractivity contribution in [2.75, 3.05) is 0 Å². The van der Waals surface area contributed by atoms with Gasteiger partial charge in [-0.05, 0) is 12.1 Å². The van der Waals surface area contributed by atoms with Crippen molar-refractivity contribution in [1.82, 2.24) is 14.4 Å². The van der Waals surface area contributed by atoms with Crippen molar-refractivity contribution in [2.45, 2.75) is 11.0 Å². The monoisotopic (exact) mass is 366 g/mol. The summed E-state index contributed by atoms with van der Waals surface area (Å²) in [7, 11) is 0. The highest BCUT2D eigenvalue weighted by Gasteiger charge is 2.08. The molecule has 102 valence electrons. The Morgan fingerprint density at radius 3 is 3.00 bits per heavy atom. The van der Waals surface area contributed by atoms with Crippen LogP contribution in [0.5, 0.6) is 0 Å². The number of fused-ring (bicyclic) bond motifs is 2. The number of thiazole rings is 1. The molecule has 1 aromatic carbocycles. The topological polar surface area (TPSA) is 43.3 Å². The highest BCUT2D eigenvalue weighted by Crippen LogP contribution is 2.26. The van der Waals surface area contributed by atoms with Crippen molar-refractivity contribution in [1.29, 1.82) is 0 Å². The minimum absolute atomic E-state index is 0. The Bertz CT molecular complexity index is 790. The summed E-state index contributed by atoms with van der Waals surface area (Å²) in [6.07, 6.45) is 4.06. The predicted octanol–water partition coefficient (Wildman–Crippen LogP) is 0.833. The van der Waals surface area contributed by atoms with E-state index in [-0.39, 0.29) is 17.0 Å². The van der Waals surface area contributed by atoms with Gasteiger partial charge in [-0.3, -0.25) is 4.40 Å². The molecule has 4 aromatic rings. The largest absolute Gasteiger partial charge is 1.00 e. The molecule has 0 aliphatic heterocycles. The summed E-state index contributed by atoms with van der Waals surface area (Å²) in [6.45, 7) is 0. The summed E-state index contributed by atoms with van der Waals surface area (Å²) in [4.78, 5) is 9.99. The van der Waals surface area contributed by atoms with Gasteiger partial charge >= 0.3 is 0 Å². The zero-order valence-electron chi connectivity index (χ0n) is 10.2. The minimum Gasteiger partial charge on any atom is -1.00 e. The third-order valence-electron chi connectivity index (χ3n) is 2.76. The maximum atomic E-state index is 5.67. The van der Waals surface area contributed by atoms with Gasteiger partial charge in [0, 0.05) is 23.5 Å². The first kappa shape index (κ1) is 13.7. The van der Waals surface area contributed by atoms with Crippen molar-refractivity contribution >= 4 is 39.2 Å². The SMILES string of the molecule is [Br-].c1ccc2oc(SCc3cn4ccsc4n3)nc2c1. The fourth-order valence-electron chi connectivity index (χ4n) is 1.89. The van der Waals surface area contributed by atoms with Gasteiger partial charge in [0.05, 0.1) is 5.69 Å². The molecule has 3 aromatic heterocycles. The molecule has 7 heteroatoms. The maximum absolute atomic E-state index is 5.67. The van der Waals surface area contributed by atoms with E-state index in [1.54, 1.807) is 23.1 Å². The molecule has 0 aliphatic rings. The van der Waals surface area contributed by atoms with Crippen LogP contribution in [0.15, 0.2) is 51.7 Å². The molecule has 0 N–H and O–H groups in total. The number of para-hydroxylation sites is 2. The van der Waals surface area contributed by atoms with Gasteiger partial charge in [-0.15, -0.1) is 11.3 Å². The molecular weight excluding hydrogens is 358 g/mol. The second kappa shape index (κ2) is 5.59. The molecule has 0 spiro atoms. The standard InChI is InChI=1S/C13H9N3OS2.BrH/c1-2-4-11-10(3-1)15-13(17-11)19-8-9-7-16-5-6-18-12(16)14-9;/h1-7H,8H2;1H/p-1. The van der Waals surface area contributed by atoms with Crippen LogP contribution in [-0.4, -0.2) is 14.4 Å². The molecule has 0 bridgehead atoms. The summed E-state index contributed by atoms with van der Waals surface area (Å²) in [5, 5.41) is 2.72. The zero-order chi connectivity index (χ0) is 12.7. The molecule has 0 fully saturated rings. The molecule has 0 aliphatic carbocycles. The summed E-state index contributed by atoms with van der Waals surface area (Å²) >= 11 is 3.21. The summed E-state index contributed by atoms with van der Waals surface area (Å²) in [5.74, 6) is 0.765. The first-order valence-electron chi connectivity index (χ1n) is 5.78. The summed E-state index contributed by atoms with van der Waals surface area (Å²) < 4.78 is 7.70. The average Bonchev–Trinajstić information content (AvgIpc) is 3.09. The third kappa shape index (κ3) is 2.48. The van der Waals surface area contributed by atoms with Crippen LogP contribution in [-0.2, 0) is 5.75 Å². The smallest absolute Gasteiger partial charge is 0.257 e. The molecule has 3 heterocycles. The molecule has 0 saturated carbocycles. The van der Waals surface area contributed by atoms with Crippen LogP contribution in [0.1, 0.15) is 5.69 Å². The number of benzene rings is 1. The minimum atomic E-state index is 0. The predicted molar refractivity (Wildman–Crippen MR) is 76.6 cm³/mol. The second-order valence-corrected chi connectivity index (χ2v) is 5.86. The van der Waals surface area contributed by atoms with Crippen molar-refractivity contribution in [3.63, 3.8) is 0 Å². The number of imidazole rings is 1. The van der Waals surface area contributed by atoms with Crippen LogP contribution in [0.3, 0.4) is 0 Å². The lowest BCUT2D eigenvalue weighted by Gasteiger charge is -1.91. The molecule has 0 saturated heterocycles. The van der Waals surface area contributed by atoms with Gasteiger partial charge in [-0.25, -0.2) is 9.97 Å². The van der Waals surface area contributed by atoms with E-state index in [0.717, 1.165) is 27.5 Å². The van der Waals surface area contributed by atoms with E-state index in [1.165, 1.54) is 0 Å². The van der Waals surface area contributed by atoms with E-state index >= 15 is 0 Å². The van der Waals surface area contributed by atoms with Crippen molar-refractivity contribution in [3.8, 4) is 0 Å². The number of nitrogens with zero attached hydrogens (tertiary/aromatic N) is 3. The number of hydrogen-bond donors (Lipinski definition) is 0. The average molecular weight is 367 g/mol. The van der Waals surface area contributed by atoms with E-state index in [4.69, 9.17) is 4.42 Å². The van der Waals surface area contributed by atoms with Gasteiger partial charge in [-0.1, -0.05) is 23.9 Å². The maximum Gasteiger partial charge on any atom is 0.257 e. The van der Waals surface area contributed by atoms with Crippen LogP contribution >= 0.6 is 23.1 Å². The van der Waals surface area contributed by atoms with E-state index in [0.29, 0.717) is 5.22 Å². The van der Waals surface area contributed by atoms with E-state index in [2.05, 4.69) is 9.97 Å². The molecule has 0 unspecified atom stereocenters. The van der Waals surface area contributed by atoms with Gasteiger partial charge in [0.1, 0.15) is 5.52 Å². The molecule has 0 radical (unpaired) electrons. The second-order valence-electron chi connectivity index (χ2n) is 4.06. The summed E-state index contributed by atoms with van der Waals surface area (Å²) in [5.41, 5.74) is 2.77. The fourth-order valence-corrected chi connectivity index (χ4v) is 3.34. The Labute approximate surface area is 133 Å². The normalized spacial score (nSPS) is 11.0. The number of rotatable bonds is 3. The summed E-state index contributed by atoms with van der Waals surface area (Å²) in [6, 6.07) is 7.79. The van der Waals surface area contributed by atoms with Gasteiger partial charge in [0.15, 0.2) is 10.5 Å². The van der Waals surface area contributed by atoms with E-state index in [9.17, 15) is 0 Å². The Balaban J connectivity index is 0.00000121. The lowest BCUT2D eigenvalue weighted by atomic mass is 10.3. The number of aromatic nitrogens is 3. The highest BCUT2D eigenvalue weighted by molar-refractivity contribution is 7.98. The van der Waals surface area contributed by atoms with Crippen LogP contribution in [0.25, 0.3) is 16.1 Å². The van der Waals surface area contributed by atoms with E-state index in [1.807, 2.05) is 46.4 Å². The molecular formula is C13H9BrN3OS2-. The first-order chi connectivity index (χ1) is 9.38. The first-order valence-corrected chi connectivity index (χ1v) is 7.64. The lowest BCUT2D eigenvalue weighted by Crippen LogP contribution is -3.00. The molecule has 0 atom stereocenters. The van der Waals surface area contributed by atoms with Gasteiger partial charge < -0.3 is 21.4 Å². The van der Waals surface area contributed by atoms with E-state index < -0.39 is 0 Å². The molecule has 4 nitrogen and oxygen atoms in total. The number of halogens is 1. The van der Waals surface area contributed by atoms with Crippen LogP contribution in [0, 0.1) is 0 Å². The van der Waals surface area contributed by atoms with Crippen molar-refractivity contribution in [2.24, 2.45) is 0 Å². The lowest BCUT2D eigenvalue weighted by molar-refractivity contribution is -0.00000430. The molecule has 4 rings (SSSR count). The Hall–Kier alpha value is -1.31. The van der Waals surface area contributed by atoms with Gasteiger partial charge in [0.25, 0.3) is 5.22 Å². The Morgan fingerprint density at radius 1 is 1.25 bits per heavy atom. The number of hydrogen-bond acceptors (Lipinski definition) is 5. The van der Waals surface area contributed by atoms with Gasteiger partial charge in [-0.2, -0.15) is 0 Å². The fraction of sp³-hybridized carbons (Fsp3) is 0.0769. The van der Waals surface area contributed by atoms with Crippen LogP contribution < -0.4 is 17.0 Å². The third-order valence-corrected chi connectivity index (χ3v) is 4.39. The molecule has 0 amide bonds. The quantitative estimate of drug-likeness (QED) is 0.504. The number of oxazole rings is 1. The van der Waals surface area contributed by atoms with Crippen LogP contribution in [0.4, 0.5) is 0 Å². The van der Waals surface area contributed by atoms with Gasteiger partial charge in [0.2, 0.25) is 0 Å². The van der Waals surface area contributed by atoms with Crippen molar-refractivity contribution < 1.29 is 21.4 Å². The molecule has 20 heavy (non-hydrogen) atoms. The highest BCUT2D eigenvalue weighted by atomic mass is 79.9. The zero-order valence-corrected chi connectivity index (χ0v) is 13.4. The number of thioether (sulfide) groups is 1. The Morgan fingerprint density at radius 2 is 2.15 bits per heavy atom.